The van der Waals surface area contributed by atoms with Crippen LogP contribution in [0.3, 0.4) is 0 Å². The second-order valence-corrected chi connectivity index (χ2v) is 6.69. The summed E-state index contributed by atoms with van der Waals surface area (Å²) in [5.74, 6) is 0.00612. The Balaban J connectivity index is 1.60. The molecular weight excluding hydrogens is 384 g/mol. The van der Waals surface area contributed by atoms with E-state index in [4.69, 9.17) is 14.2 Å². The quantitative estimate of drug-likeness (QED) is 0.600. The SMILES string of the molecule is COc1ccc(NC(=O)COC(=O)c2ccc(-n3c(C)ccc3C)cc2)c(OC)c1. The number of aryl methyl sites for hydroxylation is 2. The van der Waals surface area contributed by atoms with Gasteiger partial charge in [-0.05, 0) is 62.4 Å². The van der Waals surface area contributed by atoms with E-state index in [0.717, 1.165) is 17.1 Å². The molecule has 0 bridgehead atoms. The third-order valence-electron chi connectivity index (χ3n) is 4.65. The van der Waals surface area contributed by atoms with E-state index in [9.17, 15) is 9.59 Å². The van der Waals surface area contributed by atoms with Gasteiger partial charge in [0, 0.05) is 23.1 Å². The van der Waals surface area contributed by atoms with Crippen LogP contribution in [0.25, 0.3) is 5.69 Å². The van der Waals surface area contributed by atoms with Gasteiger partial charge in [0.05, 0.1) is 25.5 Å². The molecule has 1 heterocycles. The molecule has 0 aliphatic rings. The minimum absolute atomic E-state index is 0.371. The number of nitrogens with zero attached hydrogens (tertiary/aromatic N) is 1. The molecular formula is C23H24N2O5. The van der Waals surface area contributed by atoms with E-state index in [1.165, 1.54) is 7.11 Å². The lowest BCUT2D eigenvalue weighted by Crippen LogP contribution is -2.21. The van der Waals surface area contributed by atoms with Crippen LogP contribution in [0, 0.1) is 13.8 Å². The maximum absolute atomic E-state index is 12.3. The van der Waals surface area contributed by atoms with Crippen molar-refractivity contribution in [3.63, 3.8) is 0 Å². The highest BCUT2D eigenvalue weighted by Gasteiger charge is 2.13. The van der Waals surface area contributed by atoms with Crippen LogP contribution < -0.4 is 14.8 Å². The van der Waals surface area contributed by atoms with E-state index in [1.54, 1.807) is 37.4 Å². The molecule has 0 spiro atoms. The monoisotopic (exact) mass is 408 g/mol. The molecule has 7 nitrogen and oxygen atoms in total. The van der Waals surface area contributed by atoms with Crippen molar-refractivity contribution >= 4 is 17.6 Å². The van der Waals surface area contributed by atoms with E-state index in [-0.39, 0.29) is 0 Å². The zero-order valence-corrected chi connectivity index (χ0v) is 17.4. The molecule has 30 heavy (non-hydrogen) atoms. The maximum atomic E-state index is 12.3. The fourth-order valence-electron chi connectivity index (χ4n) is 3.12. The van der Waals surface area contributed by atoms with Gasteiger partial charge in [-0.25, -0.2) is 4.79 Å². The van der Waals surface area contributed by atoms with E-state index >= 15 is 0 Å². The number of rotatable bonds is 7. The van der Waals surface area contributed by atoms with Crippen molar-refractivity contribution in [2.24, 2.45) is 0 Å². The Hall–Kier alpha value is -3.74. The van der Waals surface area contributed by atoms with Crippen molar-refractivity contribution < 1.29 is 23.8 Å². The number of methoxy groups -OCH3 is 2. The first kappa shape index (κ1) is 21.0. The lowest BCUT2D eigenvalue weighted by molar-refractivity contribution is -0.119. The molecule has 1 aromatic heterocycles. The first-order valence-corrected chi connectivity index (χ1v) is 9.37. The van der Waals surface area contributed by atoms with E-state index in [2.05, 4.69) is 9.88 Å². The highest BCUT2D eigenvalue weighted by Crippen LogP contribution is 2.28. The molecule has 0 aliphatic carbocycles. The normalized spacial score (nSPS) is 10.4. The predicted molar refractivity (Wildman–Crippen MR) is 114 cm³/mol. The highest BCUT2D eigenvalue weighted by atomic mass is 16.5. The Bertz CT molecular complexity index is 1030. The summed E-state index contributed by atoms with van der Waals surface area (Å²) in [4.78, 5) is 24.5. The largest absolute Gasteiger partial charge is 0.497 e. The van der Waals surface area contributed by atoms with Gasteiger partial charge in [-0.15, -0.1) is 0 Å². The minimum atomic E-state index is -0.570. The number of nitrogens with one attached hydrogen (secondary N) is 1. The van der Waals surface area contributed by atoms with E-state index in [1.807, 2.05) is 38.1 Å². The van der Waals surface area contributed by atoms with Crippen LogP contribution in [0.5, 0.6) is 11.5 Å². The zero-order valence-electron chi connectivity index (χ0n) is 17.4. The fourth-order valence-corrected chi connectivity index (χ4v) is 3.12. The number of benzene rings is 2. The van der Waals surface area contributed by atoms with Crippen molar-refractivity contribution in [1.82, 2.24) is 4.57 Å². The van der Waals surface area contributed by atoms with Crippen LogP contribution in [-0.2, 0) is 9.53 Å². The molecule has 1 amide bonds. The van der Waals surface area contributed by atoms with Crippen molar-refractivity contribution in [1.29, 1.82) is 0 Å². The number of anilines is 1. The molecule has 0 fully saturated rings. The van der Waals surface area contributed by atoms with Gasteiger partial charge in [0.2, 0.25) is 0 Å². The second kappa shape index (κ2) is 9.17. The van der Waals surface area contributed by atoms with Gasteiger partial charge in [0.25, 0.3) is 5.91 Å². The fraction of sp³-hybridized carbons (Fsp3) is 0.217. The standard InChI is InChI=1S/C23H24N2O5/c1-15-5-6-16(2)25(15)18-9-7-17(8-10-18)23(27)30-14-22(26)24-20-12-11-19(28-3)13-21(20)29-4/h5-13H,14H2,1-4H3,(H,24,26). The molecule has 0 unspecified atom stereocenters. The number of carbonyl (C=O) groups is 2. The Morgan fingerprint density at radius 2 is 1.57 bits per heavy atom. The number of hydrogen-bond donors (Lipinski definition) is 1. The Kier molecular flexibility index (Phi) is 6.41. The third kappa shape index (κ3) is 4.63. The molecule has 7 heteroatoms. The van der Waals surface area contributed by atoms with Gasteiger partial charge in [-0.3, -0.25) is 4.79 Å². The van der Waals surface area contributed by atoms with Gasteiger partial charge < -0.3 is 24.1 Å². The predicted octanol–water partition coefficient (Wildman–Crippen LogP) is 3.91. The van der Waals surface area contributed by atoms with Crippen molar-refractivity contribution in [2.75, 3.05) is 26.1 Å². The molecule has 156 valence electrons. The van der Waals surface area contributed by atoms with Crippen LogP contribution in [0.15, 0.2) is 54.6 Å². The number of ether oxygens (including phenoxy) is 3. The summed E-state index contributed by atoms with van der Waals surface area (Å²) in [5.41, 5.74) is 4.00. The third-order valence-corrected chi connectivity index (χ3v) is 4.65. The molecule has 0 atom stereocenters. The van der Waals surface area contributed by atoms with Crippen LogP contribution >= 0.6 is 0 Å². The summed E-state index contributed by atoms with van der Waals surface area (Å²) < 4.78 is 17.6. The first-order valence-electron chi connectivity index (χ1n) is 9.37. The highest BCUT2D eigenvalue weighted by molar-refractivity contribution is 5.96. The lowest BCUT2D eigenvalue weighted by atomic mass is 10.2. The van der Waals surface area contributed by atoms with Crippen LogP contribution in [-0.4, -0.2) is 37.3 Å². The molecule has 0 saturated carbocycles. The smallest absolute Gasteiger partial charge is 0.338 e. The first-order chi connectivity index (χ1) is 14.4. The average molecular weight is 408 g/mol. The Labute approximate surface area is 175 Å². The number of esters is 1. The van der Waals surface area contributed by atoms with Crippen LogP contribution in [0.1, 0.15) is 21.7 Å². The number of carbonyl (C=O) groups excluding carboxylic acids is 2. The van der Waals surface area contributed by atoms with Gasteiger partial charge in [0.15, 0.2) is 6.61 Å². The minimum Gasteiger partial charge on any atom is -0.497 e. The molecule has 0 aliphatic heterocycles. The summed E-state index contributed by atoms with van der Waals surface area (Å²) >= 11 is 0. The molecule has 0 radical (unpaired) electrons. The van der Waals surface area contributed by atoms with Gasteiger partial charge in [0.1, 0.15) is 11.5 Å². The molecule has 3 aromatic rings. The summed E-state index contributed by atoms with van der Waals surface area (Å²) in [5, 5.41) is 2.66. The summed E-state index contributed by atoms with van der Waals surface area (Å²) in [7, 11) is 3.03. The number of hydrogen-bond acceptors (Lipinski definition) is 5. The average Bonchev–Trinajstić information content (AvgIpc) is 3.10. The molecule has 0 saturated heterocycles. The molecule has 2 aromatic carbocycles. The van der Waals surface area contributed by atoms with Crippen molar-refractivity contribution in [3.05, 3.63) is 71.5 Å². The molecule has 1 N–H and O–H groups in total. The molecule has 3 rings (SSSR count). The van der Waals surface area contributed by atoms with Gasteiger partial charge in [-0.2, -0.15) is 0 Å². The number of amides is 1. The summed E-state index contributed by atoms with van der Waals surface area (Å²) in [6, 6.07) is 16.1. The lowest BCUT2D eigenvalue weighted by Gasteiger charge is -2.12. The zero-order chi connectivity index (χ0) is 21.7. The second-order valence-electron chi connectivity index (χ2n) is 6.69. The Morgan fingerprint density at radius 1 is 0.900 bits per heavy atom. The van der Waals surface area contributed by atoms with Crippen molar-refractivity contribution in [2.45, 2.75) is 13.8 Å². The topological polar surface area (TPSA) is 78.8 Å². The summed E-state index contributed by atoms with van der Waals surface area (Å²) in [6.45, 7) is 3.63. The Morgan fingerprint density at radius 3 is 2.17 bits per heavy atom. The van der Waals surface area contributed by atoms with Gasteiger partial charge in [-0.1, -0.05) is 0 Å². The number of aromatic nitrogens is 1. The summed E-state index contributed by atoms with van der Waals surface area (Å²) in [6.07, 6.45) is 0. The van der Waals surface area contributed by atoms with E-state index < -0.39 is 18.5 Å². The van der Waals surface area contributed by atoms with Crippen LogP contribution in [0.2, 0.25) is 0 Å². The van der Waals surface area contributed by atoms with Crippen molar-refractivity contribution in [3.8, 4) is 17.2 Å². The van der Waals surface area contributed by atoms with E-state index in [0.29, 0.717) is 22.7 Å². The van der Waals surface area contributed by atoms with Crippen LogP contribution in [0.4, 0.5) is 5.69 Å². The van der Waals surface area contributed by atoms with Gasteiger partial charge >= 0.3 is 5.97 Å². The maximum Gasteiger partial charge on any atom is 0.338 e.